The van der Waals surface area contributed by atoms with Gasteiger partial charge in [-0.3, -0.25) is 0 Å². The minimum absolute atomic E-state index is 0.478. The van der Waals surface area contributed by atoms with Crippen molar-refractivity contribution < 1.29 is 9.47 Å². The van der Waals surface area contributed by atoms with Gasteiger partial charge >= 0.3 is 0 Å². The largest absolute Gasteiger partial charge is 0.496 e. The van der Waals surface area contributed by atoms with E-state index in [9.17, 15) is 0 Å². The van der Waals surface area contributed by atoms with Crippen LogP contribution in [0.1, 0.15) is 18.4 Å². The lowest BCUT2D eigenvalue weighted by Crippen LogP contribution is -2.46. The first kappa shape index (κ1) is 16.6. The molecule has 1 fully saturated rings. The summed E-state index contributed by atoms with van der Waals surface area (Å²) >= 11 is 0. The molecule has 0 heterocycles. The van der Waals surface area contributed by atoms with Gasteiger partial charge in [-0.25, -0.2) is 0 Å². The Morgan fingerprint density at radius 2 is 1.81 bits per heavy atom. The summed E-state index contributed by atoms with van der Waals surface area (Å²) in [5, 5.41) is 0. The zero-order valence-corrected chi connectivity index (χ0v) is 15.2. The Bertz CT molecular complexity index is 453. The van der Waals surface area contributed by atoms with Crippen LogP contribution in [0.3, 0.4) is 0 Å². The molecule has 0 aliphatic heterocycles. The van der Waals surface area contributed by atoms with Crippen LogP contribution in [0, 0.1) is 11.8 Å². The van der Waals surface area contributed by atoms with Gasteiger partial charge in [-0.1, -0.05) is 43.9 Å². The van der Waals surface area contributed by atoms with Crippen molar-refractivity contribution in [3.05, 3.63) is 29.8 Å². The Kier molecular flexibility index (Phi) is 5.50. The number of rotatable bonds is 7. The van der Waals surface area contributed by atoms with E-state index in [0.29, 0.717) is 6.10 Å². The van der Waals surface area contributed by atoms with Crippen molar-refractivity contribution >= 4 is 8.07 Å². The Balaban J connectivity index is 1.87. The first-order valence-electron chi connectivity index (χ1n) is 8.09. The zero-order valence-electron chi connectivity index (χ0n) is 14.2. The highest BCUT2D eigenvalue weighted by atomic mass is 28.3. The maximum absolute atomic E-state index is 5.79. The van der Waals surface area contributed by atoms with Gasteiger partial charge in [-0.05, 0) is 42.7 Å². The lowest BCUT2D eigenvalue weighted by molar-refractivity contribution is -0.0675. The summed E-state index contributed by atoms with van der Waals surface area (Å²) in [6, 6.07) is 9.77. The molecule has 118 valence electrons. The average Bonchev–Trinajstić information content (AvgIpc) is 2.41. The molecular weight excluding hydrogens is 276 g/mol. The van der Waals surface area contributed by atoms with Crippen LogP contribution < -0.4 is 4.74 Å². The van der Waals surface area contributed by atoms with Crippen molar-refractivity contribution in [2.75, 3.05) is 14.2 Å². The Labute approximate surface area is 130 Å². The van der Waals surface area contributed by atoms with Crippen molar-refractivity contribution in [1.82, 2.24) is 0 Å². The summed E-state index contributed by atoms with van der Waals surface area (Å²) in [7, 11) is 2.66. The predicted molar refractivity (Wildman–Crippen MR) is 91.9 cm³/mol. The molecule has 21 heavy (non-hydrogen) atoms. The molecule has 0 amide bonds. The van der Waals surface area contributed by atoms with E-state index in [0.717, 1.165) is 24.0 Å². The molecule has 0 bridgehead atoms. The Hall–Kier alpha value is -0.803. The molecule has 1 saturated carbocycles. The minimum Gasteiger partial charge on any atom is -0.496 e. The maximum atomic E-state index is 5.79. The van der Waals surface area contributed by atoms with E-state index in [4.69, 9.17) is 9.47 Å². The molecule has 0 N–H and O–H groups in total. The van der Waals surface area contributed by atoms with Crippen LogP contribution in [0.2, 0.25) is 25.7 Å². The monoisotopic (exact) mass is 306 g/mol. The van der Waals surface area contributed by atoms with E-state index in [1.165, 1.54) is 24.4 Å². The van der Waals surface area contributed by atoms with Crippen molar-refractivity contribution in [2.24, 2.45) is 11.8 Å². The van der Waals surface area contributed by atoms with Gasteiger partial charge in [-0.2, -0.15) is 0 Å². The van der Waals surface area contributed by atoms with Gasteiger partial charge in [0.2, 0.25) is 0 Å². The molecule has 0 radical (unpaired) electrons. The zero-order chi connectivity index (χ0) is 15.5. The number of hydrogen-bond acceptors (Lipinski definition) is 2. The molecule has 1 aromatic carbocycles. The molecule has 3 heteroatoms. The van der Waals surface area contributed by atoms with Crippen LogP contribution >= 0.6 is 0 Å². The summed E-state index contributed by atoms with van der Waals surface area (Å²) in [6.45, 7) is 7.38. The van der Waals surface area contributed by atoms with Crippen LogP contribution in [0.15, 0.2) is 24.3 Å². The van der Waals surface area contributed by atoms with Crippen molar-refractivity contribution in [2.45, 2.75) is 51.1 Å². The molecule has 2 nitrogen and oxygen atoms in total. The van der Waals surface area contributed by atoms with Gasteiger partial charge in [0.05, 0.1) is 13.2 Å². The molecular formula is C18H30O2Si. The predicted octanol–water partition coefficient (Wildman–Crippen LogP) is 4.62. The second kappa shape index (κ2) is 6.97. The van der Waals surface area contributed by atoms with E-state index >= 15 is 0 Å². The summed E-state index contributed by atoms with van der Waals surface area (Å²) in [5.74, 6) is 2.54. The molecule has 0 unspecified atom stereocenters. The van der Waals surface area contributed by atoms with Crippen LogP contribution in [-0.2, 0) is 11.2 Å². The third-order valence-electron chi connectivity index (χ3n) is 4.66. The van der Waals surface area contributed by atoms with E-state index in [2.05, 4.69) is 37.8 Å². The standard InChI is InChI=1S/C18H30O2Si/c1-19-17-9-7-6-8-14(17)10-11-15-12-16(18(15)20-2)13-21(3,4)5/h6-9,15-16,18H,10-13H2,1-5H3/t15-,16-,18+/m1/s1. The minimum atomic E-state index is -0.979. The smallest absolute Gasteiger partial charge is 0.122 e. The number of ether oxygens (including phenoxy) is 2. The third-order valence-corrected chi connectivity index (χ3v) is 6.41. The summed E-state index contributed by atoms with van der Waals surface area (Å²) in [5.41, 5.74) is 1.32. The van der Waals surface area contributed by atoms with Gasteiger partial charge in [-0.15, -0.1) is 0 Å². The first-order chi connectivity index (χ1) is 9.94. The van der Waals surface area contributed by atoms with E-state index < -0.39 is 8.07 Å². The second-order valence-electron chi connectivity index (χ2n) is 7.57. The van der Waals surface area contributed by atoms with Crippen molar-refractivity contribution in [3.8, 4) is 5.75 Å². The number of methoxy groups -OCH3 is 2. The highest BCUT2D eigenvalue weighted by Crippen LogP contribution is 2.44. The molecule has 0 spiro atoms. The van der Waals surface area contributed by atoms with Crippen molar-refractivity contribution in [1.29, 1.82) is 0 Å². The fourth-order valence-electron chi connectivity index (χ4n) is 3.75. The number of para-hydroxylation sites is 1. The quantitative estimate of drug-likeness (QED) is 0.685. The van der Waals surface area contributed by atoms with Gasteiger partial charge in [0, 0.05) is 15.2 Å². The summed E-state index contributed by atoms with van der Waals surface area (Å²) < 4.78 is 11.2. The van der Waals surface area contributed by atoms with Crippen LogP contribution in [0.25, 0.3) is 0 Å². The fraction of sp³-hybridized carbons (Fsp3) is 0.667. The van der Waals surface area contributed by atoms with Crippen LogP contribution in [0.5, 0.6) is 5.75 Å². The molecule has 1 aliphatic rings. The molecule has 0 saturated heterocycles. The topological polar surface area (TPSA) is 18.5 Å². The highest BCUT2D eigenvalue weighted by molar-refractivity contribution is 6.76. The molecule has 3 atom stereocenters. The Morgan fingerprint density at radius 1 is 1.10 bits per heavy atom. The van der Waals surface area contributed by atoms with Gasteiger partial charge in [0.1, 0.15) is 5.75 Å². The summed E-state index contributed by atoms with van der Waals surface area (Å²) in [4.78, 5) is 0. The summed E-state index contributed by atoms with van der Waals surface area (Å²) in [6.07, 6.45) is 4.12. The van der Waals surface area contributed by atoms with E-state index in [1.807, 2.05) is 13.2 Å². The van der Waals surface area contributed by atoms with Gasteiger partial charge in [0.25, 0.3) is 0 Å². The second-order valence-corrected chi connectivity index (χ2v) is 13.1. The normalized spacial score (nSPS) is 25.5. The maximum Gasteiger partial charge on any atom is 0.122 e. The lowest BCUT2D eigenvalue weighted by atomic mass is 9.70. The molecule has 0 aromatic heterocycles. The van der Waals surface area contributed by atoms with Crippen LogP contribution in [-0.4, -0.2) is 28.4 Å². The third kappa shape index (κ3) is 4.33. The number of hydrogen-bond donors (Lipinski definition) is 0. The molecule has 1 aliphatic carbocycles. The lowest BCUT2D eigenvalue weighted by Gasteiger charge is -2.46. The molecule has 2 rings (SSSR count). The van der Waals surface area contributed by atoms with Crippen molar-refractivity contribution in [3.63, 3.8) is 0 Å². The van der Waals surface area contributed by atoms with E-state index in [-0.39, 0.29) is 0 Å². The number of aryl methyl sites for hydroxylation is 1. The number of benzene rings is 1. The first-order valence-corrected chi connectivity index (χ1v) is 11.8. The highest BCUT2D eigenvalue weighted by Gasteiger charge is 2.42. The Morgan fingerprint density at radius 3 is 2.43 bits per heavy atom. The molecule has 1 aromatic rings. The SMILES string of the molecule is COc1ccccc1CC[C@@H]1C[C@H](C[Si](C)(C)C)[C@H]1OC. The van der Waals surface area contributed by atoms with Crippen LogP contribution in [0.4, 0.5) is 0 Å². The fourth-order valence-corrected chi connectivity index (χ4v) is 5.72. The van der Waals surface area contributed by atoms with Gasteiger partial charge in [0.15, 0.2) is 0 Å². The van der Waals surface area contributed by atoms with E-state index in [1.54, 1.807) is 7.11 Å². The average molecular weight is 307 g/mol. The van der Waals surface area contributed by atoms with Gasteiger partial charge < -0.3 is 9.47 Å².